The van der Waals surface area contributed by atoms with Crippen LogP contribution in [0, 0.1) is 5.41 Å². The minimum Gasteiger partial charge on any atom is -0.379 e. The monoisotopic (exact) mass is 241 g/mol. The first kappa shape index (κ1) is 14.5. The molecule has 1 aliphatic heterocycles. The Kier molecular flexibility index (Phi) is 5.96. The van der Waals surface area contributed by atoms with E-state index in [0.29, 0.717) is 12.5 Å². The molecule has 0 aromatic rings. The molecular formula is C14H27NO2. The summed E-state index contributed by atoms with van der Waals surface area (Å²) in [7, 11) is 0. The molecule has 0 spiro atoms. The molecule has 0 atom stereocenters. The van der Waals surface area contributed by atoms with Crippen molar-refractivity contribution in [1.29, 1.82) is 0 Å². The van der Waals surface area contributed by atoms with Gasteiger partial charge in [0.2, 0.25) is 5.91 Å². The number of hydrogen-bond acceptors (Lipinski definition) is 2. The molecule has 0 radical (unpaired) electrons. The number of rotatable bonds is 6. The standard InChI is InChI=1S/C14H27NO2/c1-4-14(2,3)12-17-11-10-15-9-7-5-6-8-13(15)16/h4-12H2,1-3H3. The minimum absolute atomic E-state index is 0.253. The van der Waals surface area contributed by atoms with E-state index in [4.69, 9.17) is 4.74 Å². The van der Waals surface area contributed by atoms with Crippen LogP contribution in [0.4, 0.5) is 0 Å². The third kappa shape index (κ3) is 5.53. The lowest BCUT2D eigenvalue weighted by Crippen LogP contribution is -2.34. The number of amides is 1. The summed E-state index contributed by atoms with van der Waals surface area (Å²) in [6, 6.07) is 0. The average Bonchev–Trinajstić information content (AvgIpc) is 2.50. The molecule has 0 bridgehead atoms. The second kappa shape index (κ2) is 7.00. The van der Waals surface area contributed by atoms with Gasteiger partial charge in [0, 0.05) is 19.5 Å². The van der Waals surface area contributed by atoms with Crippen LogP contribution in [-0.4, -0.2) is 37.1 Å². The molecule has 0 aromatic carbocycles. The molecule has 1 amide bonds. The van der Waals surface area contributed by atoms with Crippen LogP contribution in [0.2, 0.25) is 0 Å². The number of carbonyl (C=O) groups excluding carboxylic acids is 1. The molecule has 3 heteroatoms. The van der Waals surface area contributed by atoms with E-state index in [-0.39, 0.29) is 5.41 Å². The summed E-state index contributed by atoms with van der Waals surface area (Å²) in [5.41, 5.74) is 0.253. The van der Waals surface area contributed by atoms with Gasteiger partial charge in [0.1, 0.15) is 0 Å². The Labute approximate surface area is 106 Å². The molecule has 0 saturated carbocycles. The predicted octanol–water partition coefficient (Wildman–Crippen LogP) is 2.84. The number of carbonyl (C=O) groups is 1. The van der Waals surface area contributed by atoms with Crippen LogP contribution in [0.25, 0.3) is 0 Å². The molecular weight excluding hydrogens is 214 g/mol. The van der Waals surface area contributed by atoms with Crippen molar-refractivity contribution in [3.63, 3.8) is 0 Å². The van der Waals surface area contributed by atoms with Crippen molar-refractivity contribution in [3.05, 3.63) is 0 Å². The van der Waals surface area contributed by atoms with Crippen LogP contribution in [0.5, 0.6) is 0 Å². The Morgan fingerprint density at radius 1 is 1.29 bits per heavy atom. The Morgan fingerprint density at radius 2 is 2.06 bits per heavy atom. The van der Waals surface area contributed by atoms with Crippen LogP contribution in [0.3, 0.4) is 0 Å². The van der Waals surface area contributed by atoms with Crippen LogP contribution >= 0.6 is 0 Å². The third-order valence-corrected chi connectivity index (χ3v) is 3.63. The first-order valence-electron chi connectivity index (χ1n) is 6.91. The van der Waals surface area contributed by atoms with Gasteiger partial charge in [0.25, 0.3) is 0 Å². The van der Waals surface area contributed by atoms with Crippen molar-refractivity contribution in [3.8, 4) is 0 Å². The number of ether oxygens (including phenoxy) is 1. The lowest BCUT2D eigenvalue weighted by Gasteiger charge is -2.24. The normalized spacial score (nSPS) is 18.3. The second-order valence-corrected chi connectivity index (χ2v) is 5.76. The zero-order chi connectivity index (χ0) is 12.7. The van der Waals surface area contributed by atoms with Crippen LogP contribution < -0.4 is 0 Å². The third-order valence-electron chi connectivity index (χ3n) is 3.63. The maximum Gasteiger partial charge on any atom is 0.222 e. The summed E-state index contributed by atoms with van der Waals surface area (Å²) in [6.45, 7) is 9.74. The first-order valence-corrected chi connectivity index (χ1v) is 6.91. The zero-order valence-corrected chi connectivity index (χ0v) is 11.6. The van der Waals surface area contributed by atoms with Gasteiger partial charge in [-0.1, -0.05) is 27.2 Å². The molecule has 1 aliphatic rings. The number of nitrogens with zero attached hydrogens (tertiary/aromatic N) is 1. The zero-order valence-electron chi connectivity index (χ0n) is 11.6. The molecule has 0 N–H and O–H groups in total. The molecule has 1 fully saturated rings. The van der Waals surface area contributed by atoms with E-state index < -0.39 is 0 Å². The SMILES string of the molecule is CCC(C)(C)COCCN1CCCCCC1=O. The van der Waals surface area contributed by atoms with E-state index in [0.717, 1.165) is 45.4 Å². The highest BCUT2D eigenvalue weighted by molar-refractivity contribution is 5.76. The largest absolute Gasteiger partial charge is 0.379 e. The fourth-order valence-electron chi connectivity index (χ4n) is 1.90. The van der Waals surface area contributed by atoms with Gasteiger partial charge in [0.15, 0.2) is 0 Å². The van der Waals surface area contributed by atoms with E-state index in [1.165, 1.54) is 6.42 Å². The van der Waals surface area contributed by atoms with Crippen molar-refractivity contribution in [2.75, 3.05) is 26.3 Å². The lowest BCUT2D eigenvalue weighted by atomic mass is 9.92. The summed E-state index contributed by atoms with van der Waals surface area (Å²) in [4.78, 5) is 13.7. The van der Waals surface area contributed by atoms with E-state index in [9.17, 15) is 4.79 Å². The van der Waals surface area contributed by atoms with Crippen LogP contribution in [0.1, 0.15) is 52.9 Å². The molecule has 1 heterocycles. The molecule has 100 valence electrons. The minimum atomic E-state index is 0.253. The summed E-state index contributed by atoms with van der Waals surface area (Å²) >= 11 is 0. The Hall–Kier alpha value is -0.570. The van der Waals surface area contributed by atoms with E-state index in [2.05, 4.69) is 20.8 Å². The van der Waals surface area contributed by atoms with Gasteiger partial charge in [0.05, 0.1) is 13.2 Å². The van der Waals surface area contributed by atoms with E-state index >= 15 is 0 Å². The van der Waals surface area contributed by atoms with Gasteiger partial charge >= 0.3 is 0 Å². The fraction of sp³-hybridized carbons (Fsp3) is 0.929. The molecule has 1 saturated heterocycles. The van der Waals surface area contributed by atoms with Crippen molar-refractivity contribution < 1.29 is 9.53 Å². The van der Waals surface area contributed by atoms with Gasteiger partial charge in [-0.2, -0.15) is 0 Å². The molecule has 0 aliphatic carbocycles. The summed E-state index contributed by atoms with van der Waals surface area (Å²) in [5.74, 6) is 0.306. The van der Waals surface area contributed by atoms with Gasteiger partial charge in [-0.3, -0.25) is 4.79 Å². The fourth-order valence-corrected chi connectivity index (χ4v) is 1.90. The van der Waals surface area contributed by atoms with Crippen molar-refractivity contribution in [2.45, 2.75) is 52.9 Å². The highest BCUT2D eigenvalue weighted by Gasteiger charge is 2.18. The van der Waals surface area contributed by atoms with E-state index in [1.807, 2.05) is 4.90 Å². The average molecular weight is 241 g/mol. The van der Waals surface area contributed by atoms with Crippen LogP contribution in [-0.2, 0) is 9.53 Å². The topological polar surface area (TPSA) is 29.5 Å². The predicted molar refractivity (Wildman–Crippen MR) is 69.9 cm³/mol. The Bertz CT molecular complexity index is 238. The maximum atomic E-state index is 11.7. The molecule has 0 aromatic heterocycles. The van der Waals surface area contributed by atoms with Gasteiger partial charge in [-0.25, -0.2) is 0 Å². The smallest absolute Gasteiger partial charge is 0.222 e. The second-order valence-electron chi connectivity index (χ2n) is 5.76. The summed E-state index contributed by atoms with van der Waals surface area (Å²) in [5, 5.41) is 0. The van der Waals surface area contributed by atoms with Gasteiger partial charge < -0.3 is 9.64 Å². The number of likely N-dealkylation sites (tertiary alicyclic amines) is 1. The van der Waals surface area contributed by atoms with Crippen LogP contribution in [0.15, 0.2) is 0 Å². The maximum absolute atomic E-state index is 11.7. The van der Waals surface area contributed by atoms with Crippen molar-refractivity contribution >= 4 is 5.91 Å². The quantitative estimate of drug-likeness (QED) is 0.669. The van der Waals surface area contributed by atoms with Gasteiger partial charge in [-0.05, 0) is 24.7 Å². The molecule has 3 nitrogen and oxygen atoms in total. The summed E-state index contributed by atoms with van der Waals surface area (Å²) in [6.07, 6.45) is 5.23. The Balaban J connectivity index is 2.19. The van der Waals surface area contributed by atoms with Gasteiger partial charge in [-0.15, -0.1) is 0 Å². The van der Waals surface area contributed by atoms with Crippen molar-refractivity contribution in [1.82, 2.24) is 4.90 Å². The molecule has 1 rings (SSSR count). The molecule has 17 heavy (non-hydrogen) atoms. The first-order chi connectivity index (χ1) is 8.05. The number of hydrogen-bond donors (Lipinski definition) is 0. The highest BCUT2D eigenvalue weighted by Crippen LogP contribution is 2.19. The highest BCUT2D eigenvalue weighted by atomic mass is 16.5. The molecule has 0 unspecified atom stereocenters. The van der Waals surface area contributed by atoms with E-state index in [1.54, 1.807) is 0 Å². The summed E-state index contributed by atoms with van der Waals surface area (Å²) < 4.78 is 5.69. The Morgan fingerprint density at radius 3 is 2.76 bits per heavy atom. The van der Waals surface area contributed by atoms with Crippen molar-refractivity contribution in [2.24, 2.45) is 5.41 Å². The lowest BCUT2D eigenvalue weighted by molar-refractivity contribution is -0.131.